The minimum Gasteiger partial charge on any atom is -0.395 e. The van der Waals surface area contributed by atoms with Crippen molar-refractivity contribution in [3.8, 4) is 11.3 Å². The van der Waals surface area contributed by atoms with Gasteiger partial charge >= 0.3 is 0 Å². The predicted octanol–water partition coefficient (Wildman–Crippen LogP) is 2.07. The molecule has 7 nitrogen and oxygen atoms in total. The molecule has 0 unspecified atom stereocenters. The third kappa shape index (κ3) is 3.40. The number of hydrogen-bond donors (Lipinski definition) is 3. The molecule has 3 rings (SSSR count). The highest BCUT2D eigenvalue weighted by Crippen LogP contribution is 2.27. The number of carbonyl (C=O) groups excluding carboxylic acids is 2. The lowest BCUT2D eigenvalue weighted by atomic mass is 9.99. The Bertz CT molecular complexity index is 944. The summed E-state index contributed by atoms with van der Waals surface area (Å²) in [7, 11) is 0. The van der Waals surface area contributed by atoms with Crippen LogP contribution < -0.4 is 5.32 Å². The molecule has 134 valence electrons. The molecular formula is C18H16FN3O4. The van der Waals surface area contributed by atoms with Gasteiger partial charge in [-0.3, -0.25) is 9.59 Å². The minimum atomic E-state index is -0.432. The number of carbonyl (C=O) groups is 2. The van der Waals surface area contributed by atoms with Crippen LogP contribution in [0.1, 0.15) is 32.2 Å². The van der Waals surface area contributed by atoms with Crippen LogP contribution in [0.25, 0.3) is 11.3 Å². The number of benzene rings is 1. The van der Waals surface area contributed by atoms with Crippen molar-refractivity contribution in [1.82, 2.24) is 15.5 Å². The van der Waals surface area contributed by atoms with Crippen molar-refractivity contribution < 1.29 is 23.6 Å². The Hall–Kier alpha value is -3.26. The average molecular weight is 357 g/mol. The number of H-pyrrole nitrogens is 1. The number of aromatic amines is 1. The van der Waals surface area contributed by atoms with Crippen molar-refractivity contribution in [2.45, 2.75) is 6.92 Å². The number of ketones is 1. The highest BCUT2D eigenvalue weighted by Gasteiger charge is 2.24. The smallest absolute Gasteiger partial charge is 0.267 e. The van der Waals surface area contributed by atoms with E-state index in [0.29, 0.717) is 17.0 Å². The van der Waals surface area contributed by atoms with Crippen LogP contribution in [0.2, 0.25) is 0 Å². The molecule has 2 aromatic heterocycles. The second-order valence-corrected chi connectivity index (χ2v) is 5.58. The number of halogens is 1. The van der Waals surface area contributed by atoms with Gasteiger partial charge in [0.05, 0.1) is 12.2 Å². The monoisotopic (exact) mass is 357 g/mol. The van der Waals surface area contributed by atoms with Crippen molar-refractivity contribution in [2.24, 2.45) is 0 Å². The van der Waals surface area contributed by atoms with Crippen molar-refractivity contribution >= 4 is 11.7 Å². The second kappa shape index (κ2) is 7.32. The molecule has 2 heterocycles. The fourth-order valence-corrected chi connectivity index (χ4v) is 2.51. The highest BCUT2D eigenvalue weighted by atomic mass is 19.1. The molecule has 0 saturated heterocycles. The average Bonchev–Trinajstić information content (AvgIpc) is 3.27. The maximum absolute atomic E-state index is 13.1. The van der Waals surface area contributed by atoms with E-state index in [4.69, 9.17) is 9.63 Å². The first-order valence-corrected chi connectivity index (χ1v) is 7.85. The molecule has 1 amide bonds. The predicted molar refractivity (Wildman–Crippen MR) is 90.3 cm³/mol. The van der Waals surface area contributed by atoms with Crippen LogP contribution >= 0.6 is 0 Å². The van der Waals surface area contributed by atoms with Crippen molar-refractivity contribution in [3.05, 3.63) is 64.9 Å². The zero-order valence-corrected chi connectivity index (χ0v) is 13.9. The summed E-state index contributed by atoms with van der Waals surface area (Å²) >= 11 is 0. The van der Waals surface area contributed by atoms with Gasteiger partial charge in [-0.25, -0.2) is 4.39 Å². The van der Waals surface area contributed by atoms with Gasteiger partial charge in [-0.2, -0.15) is 0 Å². The van der Waals surface area contributed by atoms with Gasteiger partial charge in [-0.1, -0.05) is 5.16 Å². The third-order valence-corrected chi connectivity index (χ3v) is 3.79. The normalized spacial score (nSPS) is 10.7. The summed E-state index contributed by atoms with van der Waals surface area (Å²) in [5, 5.41) is 15.1. The lowest BCUT2D eigenvalue weighted by Gasteiger charge is -2.01. The standard InChI is InChI=1S/C18H16FN3O4/c1-10-15(16(22-26-10)11-2-4-13(19)5-3-11)17(24)12-8-14(21-9-12)18(25)20-6-7-23/h2-5,8-9,21,23H,6-7H2,1H3,(H,20,25). The molecule has 0 aliphatic rings. The summed E-state index contributed by atoms with van der Waals surface area (Å²) in [4.78, 5) is 27.5. The number of aryl methyl sites for hydroxylation is 1. The van der Waals surface area contributed by atoms with Crippen LogP contribution in [0.5, 0.6) is 0 Å². The molecule has 0 aliphatic carbocycles. The number of nitrogens with one attached hydrogen (secondary N) is 2. The van der Waals surface area contributed by atoms with E-state index in [-0.39, 0.29) is 35.8 Å². The zero-order chi connectivity index (χ0) is 18.7. The maximum Gasteiger partial charge on any atom is 0.267 e. The van der Waals surface area contributed by atoms with Crippen LogP contribution in [0.3, 0.4) is 0 Å². The molecule has 26 heavy (non-hydrogen) atoms. The van der Waals surface area contributed by atoms with Gasteiger partial charge in [0.1, 0.15) is 23.0 Å². The van der Waals surface area contributed by atoms with E-state index in [1.165, 1.54) is 36.5 Å². The van der Waals surface area contributed by atoms with E-state index in [0.717, 1.165) is 0 Å². The first-order chi connectivity index (χ1) is 12.5. The Balaban J connectivity index is 1.91. The Labute approximate surface area is 147 Å². The summed E-state index contributed by atoms with van der Waals surface area (Å²) in [5.74, 6) is -0.882. The SMILES string of the molecule is Cc1onc(-c2ccc(F)cc2)c1C(=O)c1c[nH]c(C(=O)NCCO)c1. The summed E-state index contributed by atoms with van der Waals surface area (Å²) < 4.78 is 18.3. The number of nitrogens with zero attached hydrogens (tertiary/aromatic N) is 1. The van der Waals surface area contributed by atoms with E-state index in [1.54, 1.807) is 6.92 Å². The van der Waals surface area contributed by atoms with Gasteiger partial charge in [0, 0.05) is 23.9 Å². The number of aromatic nitrogens is 2. The molecule has 0 aliphatic heterocycles. The summed E-state index contributed by atoms with van der Waals surface area (Å²) in [5.41, 5.74) is 1.55. The number of amides is 1. The Morgan fingerprint density at radius 1 is 1.31 bits per heavy atom. The van der Waals surface area contributed by atoms with Crippen molar-refractivity contribution in [1.29, 1.82) is 0 Å². The van der Waals surface area contributed by atoms with Crippen LogP contribution in [-0.2, 0) is 0 Å². The summed E-state index contributed by atoms with van der Waals surface area (Å²) in [6.45, 7) is 1.54. The maximum atomic E-state index is 13.1. The van der Waals surface area contributed by atoms with Gasteiger partial charge in [0.2, 0.25) is 0 Å². The Kier molecular flexibility index (Phi) is 4.94. The molecule has 0 spiro atoms. The Morgan fingerprint density at radius 2 is 2.04 bits per heavy atom. The molecule has 0 atom stereocenters. The third-order valence-electron chi connectivity index (χ3n) is 3.79. The molecule has 8 heteroatoms. The van der Waals surface area contributed by atoms with Crippen molar-refractivity contribution in [3.63, 3.8) is 0 Å². The van der Waals surface area contributed by atoms with Crippen LogP contribution in [-0.4, -0.2) is 40.1 Å². The molecule has 0 fully saturated rings. The first-order valence-electron chi connectivity index (χ1n) is 7.85. The topological polar surface area (TPSA) is 108 Å². The van der Waals surface area contributed by atoms with Crippen LogP contribution in [0, 0.1) is 12.7 Å². The van der Waals surface area contributed by atoms with Gasteiger partial charge in [-0.15, -0.1) is 0 Å². The van der Waals surface area contributed by atoms with E-state index in [1.807, 2.05) is 0 Å². The molecular weight excluding hydrogens is 341 g/mol. The van der Waals surface area contributed by atoms with E-state index < -0.39 is 11.7 Å². The van der Waals surface area contributed by atoms with E-state index >= 15 is 0 Å². The molecule has 0 radical (unpaired) electrons. The highest BCUT2D eigenvalue weighted by molar-refractivity contribution is 6.13. The summed E-state index contributed by atoms with van der Waals surface area (Å²) in [6, 6.07) is 6.97. The van der Waals surface area contributed by atoms with Gasteiger partial charge < -0.3 is 19.9 Å². The fraction of sp³-hybridized carbons (Fsp3) is 0.167. The largest absolute Gasteiger partial charge is 0.395 e. The van der Waals surface area contributed by atoms with Crippen LogP contribution in [0.15, 0.2) is 41.1 Å². The van der Waals surface area contributed by atoms with E-state index in [9.17, 15) is 14.0 Å². The fourth-order valence-electron chi connectivity index (χ4n) is 2.51. The molecule has 3 N–H and O–H groups in total. The van der Waals surface area contributed by atoms with Crippen molar-refractivity contribution in [2.75, 3.05) is 13.2 Å². The lowest BCUT2D eigenvalue weighted by molar-refractivity contribution is 0.0940. The lowest BCUT2D eigenvalue weighted by Crippen LogP contribution is -2.26. The summed E-state index contributed by atoms with van der Waals surface area (Å²) in [6.07, 6.45) is 1.41. The van der Waals surface area contributed by atoms with Gasteiger partial charge in [0.15, 0.2) is 5.78 Å². The van der Waals surface area contributed by atoms with Crippen LogP contribution in [0.4, 0.5) is 4.39 Å². The zero-order valence-electron chi connectivity index (χ0n) is 13.9. The number of hydrogen-bond acceptors (Lipinski definition) is 5. The number of aliphatic hydroxyl groups excluding tert-OH is 1. The number of aliphatic hydroxyl groups is 1. The Morgan fingerprint density at radius 3 is 2.73 bits per heavy atom. The molecule has 0 bridgehead atoms. The molecule has 3 aromatic rings. The quantitative estimate of drug-likeness (QED) is 0.585. The number of rotatable bonds is 6. The second-order valence-electron chi connectivity index (χ2n) is 5.58. The van der Waals surface area contributed by atoms with E-state index in [2.05, 4.69) is 15.5 Å². The molecule has 0 saturated carbocycles. The van der Waals surface area contributed by atoms with Gasteiger partial charge in [0.25, 0.3) is 5.91 Å². The van der Waals surface area contributed by atoms with Gasteiger partial charge in [-0.05, 0) is 37.3 Å². The first kappa shape index (κ1) is 17.6. The molecule has 1 aromatic carbocycles. The minimum absolute atomic E-state index is 0.112.